The number of hydrogen-bond acceptors (Lipinski definition) is 6. The van der Waals surface area contributed by atoms with Gasteiger partial charge in [0.15, 0.2) is 24.5 Å². The molecule has 1 heterocycles. The van der Waals surface area contributed by atoms with Crippen LogP contribution in [0.15, 0.2) is 0 Å². The molecule has 3 amide bonds. The molecule has 8 nitrogen and oxygen atoms in total. The minimum atomic E-state index is -1.09. The molecule has 0 aromatic heterocycles. The number of amides is 3. The lowest BCUT2D eigenvalue weighted by atomic mass is 10.0. The Morgan fingerprint density at radius 3 is 2.12 bits per heavy atom. The van der Waals surface area contributed by atoms with E-state index in [-0.39, 0.29) is 11.8 Å². The fourth-order valence-corrected chi connectivity index (χ4v) is 2.87. The first-order chi connectivity index (χ1) is 11.8. The molecule has 1 rings (SSSR count). The van der Waals surface area contributed by atoms with Crippen LogP contribution in [0.4, 0.5) is 0 Å². The molecule has 3 N–H and O–H groups in total. The van der Waals surface area contributed by atoms with Crippen LogP contribution in [-0.2, 0) is 22.7 Å². The van der Waals surface area contributed by atoms with E-state index in [1.165, 1.54) is 7.05 Å². The van der Waals surface area contributed by atoms with E-state index in [4.69, 9.17) is 8.37 Å². The van der Waals surface area contributed by atoms with Crippen LogP contribution in [0.2, 0.25) is 0 Å². The molecular weight excluding hydrogens is 346 g/mol. The van der Waals surface area contributed by atoms with Crippen molar-refractivity contribution in [3.63, 3.8) is 0 Å². The maximum absolute atomic E-state index is 12.5. The Labute approximate surface area is 153 Å². The summed E-state index contributed by atoms with van der Waals surface area (Å²) in [6, 6.07) is -0.681. The largest absolute Gasteiger partial charge is 0.357 e. The van der Waals surface area contributed by atoms with Gasteiger partial charge in [0.2, 0.25) is 5.91 Å². The van der Waals surface area contributed by atoms with E-state index in [1.54, 1.807) is 0 Å². The van der Waals surface area contributed by atoms with E-state index < -0.39 is 30.1 Å². The average Bonchev–Trinajstić information content (AvgIpc) is 3.02. The van der Waals surface area contributed by atoms with Crippen LogP contribution in [0.3, 0.4) is 0 Å². The summed E-state index contributed by atoms with van der Waals surface area (Å²) in [6.07, 6.45) is -0.782. The molecule has 1 saturated heterocycles. The Balaban J connectivity index is 2.68. The predicted octanol–water partition coefficient (Wildman–Crippen LogP) is 0.773. The Morgan fingerprint density at radius 1 is 1.00 bits per heavy atom. The van der Waals surface area contributed by atoms with Crippen molar-refractivity contribution in [3.8, 4) is 0 Å². The number of rotatable bonds is 9. The molecular formula is C16H29N3O5S. The van der Waals surface area contributed by atoms with Gasteiger partial charge in [-0.3, -0.25) is 22.7 Å². The van der Waals surface area contributed by atoms with E-state index in [9.17, 15) is 14.4 Å². The maximum atomic E-state index is 12.5. The third-order valence-electron chi connectivity index (χ3n) is 3.69. The minimum absolute atomic E-state index is 0.214. The first-order valence-corrected chi connectivity index (χ1v) is 9.21. The van der Waals surface area contributed by atoms with Gasteiger partial charge in [-0.2, -0.15) is 0 Å². The summed E-state index contributed by atoms with van der Waals surface area (Å²) in [5.41, 5.74) is 0. The summed E-state index contributed by atoms with van der Waals surface area (Å²) in [5.74, 6) is -0.528. The highest BCUT2D eigenvalue weighted by atomic mass is 32.2. The molecule has 9 heteroatoms. The molecule has 3 atom stereocenters. The van der Waals surface area contributed by atoms with Crippen LogP contribution in [-0.4, -0.2) is 49.6 Å². The number of carbonyl (C=O) groups excluding carboxylic acids is 3. The summed E-state index contributed by atoms with van der Waals surface area (Å²) in [4.78, 5) is 36.6. The SMILES string of the molecule is CNC(=O)[C@H]1OSO[C@@H]1C(=O)N[C@@H](CC(C)C)C(=O)NCCC(C)C. The highest BCUT2D eigenvalue weighted by Gasteiger charge is 2.42. The van der Waals surface area contributed by atoms with E-state index in [0.717, 1.165) is 6.42 Å². The first kappa shape index (κ1) is 21.7. The fourth-order valence-electron chi connectivity index (χ4n) is 2.28. The van der Waals surface area contributed by atoms with Gasteiger partial charge in [0.25, 0.3) is 11.8 Å². The molecule has 0 aliphatic carbocycles. The van der Waals surface area contributed by atoms with Gasteiger partial charge in [0.1, 0.15) is 6.04 Å². The standard InChI is InChI=1S/C16H29N3O5S/c1-9(2)6-7-18-14(20)11(8-10(3)4)19-16(22)13-12(15(21)17-5)23-25-24-13/h9-13H,6-8H2,1-5H3,(H,17,21)(H,18,20)(H,19,22)/t11-,12-,13-/m0/s1. The summed E-state index contributed by atoms with van der Waals surface area (Å²) in [6.45, 7) is 8.65. The van der Waals surface area contributed by atoms with E-state index in [0.29, 0.717) is 31.2 Å². The van der Waals surface area contributed by atoms with Crippen molar-refractivity contribution in [3.05, 3.63) is 0 Å². The zero-order valence-corrected chi connectivity index (χ0v) is 16.3. The van der Waals surface area contributed by atoms with Crippen molar-refractivity contribution >= 4 is 30.0 Å². The number of carbonyl (C=O) groups is 3. The maximum Gasteiger partial charge on any atom is 0.254 e. The molecule has 0 bridgehead atoms. The molecule has 0 aromatic rings. The van der Waals surface area contributed by atoms with E-state index >= 15 is 0 Å². The molecule has 0 aromatic carbocycles. The molecule has 25 heavy (non-hydrogen) atoms. The number of nitrogens with one attached hydrogen (secondary N) is 3. The summed E-state index contributed by atoms with van der Waals surface area (Å²) in [5, 5.41) is 7.96. The van der Waals surface area contributed by atoms with Gasteiger partial charge in [0.05, 0.1) is 0 Å². The Bertz CT molecular complexity index is 473. The van der Waals surface area contributed by atoms with Crippen LogP contribution >= 0.6 is 12.3 Å². The van der Waals surface area contributed by atoms with E-state index in [2.05, 4.69) is 29.8 Å². The molecule has 0 radical (unpaired) electrons. The van der Waals surface area contributed by atoms with Crippen LogP contribution in [0.5, 0.6) is 0 Å². The van der Waals surface area contributed by atoms with Crippen LogP contribution < -0.4 is 16.0 Å². The van der Waals surface area contributed by atoms with Crippen molar-refractivity contribution in [1.82, 2.24) is 16.0 Å². The number of hydrogen-bond donors (Lipinski definition) is 3. The van der Waals surface area contributed by atoms with Crippen LogP contribution in [0.25, 0.3) is 0 Å². The normalized spacial score (nSPS) is 21.2. The van der Waals surface area contributed by atoms with Crippen LogP contribution in [0, 0.1) is 11.8 Å². The lowest BCUT2D eigenvalue weighted by Crippen LogP contribution is -2.53. The quantitative estimate of drug-likeness (QED) is 0.514. The minimum Gasteiger partial charge on any atom is -0.357 e. The van der Waals surface area contributed by atoms with Gasteiger partial charge in [-0.05, 0) is 24.7 Å². The van der Waals surface area contributed by atoms with Gasteiger partial charge in [-0.1, -0.05) is 27.7 Å². The predicted molar refractivity (Wildman–Crippen MR) is 95.3 cm³/mol. The second-order valence-corrected chi connectivity index (χ2v) is 7.40. The second-order valence-electron chi connectivity index (χ2n) is 6.88. The zero-order valence-electron chi connectivity index (χ0n) is 15.5. The Morgan fingerprint density at radius 2 is 1.60 bits per heavy atom. The third-order valence-corrected chi connectivity index (χ3v) is 4.26. The molecule has 144 valence electrons. The fraction of sp³-hybridized carbons (Fsp3) is 0.812. The second kappa shape index (κ2) is 10.6. The molecule has 0 unspecified atom stereocenters. The molecule has 1 fully saturated rings. The average molecular weight is 375 g/mol. The summed E-state index contributed by atoms with van der Waals surface area (Å²) >= 11 is 0.607. The van der Waals surface area contributed by atoms with Crippen molar-refractivity contribution in [2.45, 2.75) is 58.8 Å². The summed E-state index contributed by atoms with van der Waals surface area (Å²) in [7, 11) is 1.45. The molecule has 0 spiro atoms. The highest BCUT2D eigenvalue weighted by Crippen LogP contribution is 2.26. The zero-order chi connectivity index (χ0) is 19.0. The van der Waals surface area contributed by atoms with Crippen LogP contribution in [0.1, 0.15) is 40.5 Å². The Hall–Kier alpha value is -1.32. The van der Waals surface area contributed by atoms with Crippen molar-refractivity contribution < 1.29 is 22.7 Å². The van der Waals surface area contributed by atoms with E-state index in [1.807, 2.05) is 13.8 Å². The highest BCUT2D eigenvalue weighted by molar-refractivity contribution is 7.90. The van der Waals surface area contributed by atoms with Crippen molar-refractivity contribution in [2.75, 3.05) is 13.6 Å². The number of likely N-dealkylation sites (N-methyl/N-ethyl adjacent to an activating group) is 1. The van der Waals surface area contributed by atoms with Gasteiger partial charge in [0, 0.05) is 13.6 Å². The van der Waals surface area contributed by atoms with Gasteiger partial charge in [-0.25, -0.2) is 0 Å². The first-order valence-electron chi connectivity index (χ1n) is 8.54. The molecule has 1 aliphatic rings. The topological polar surface area (TPSA) is 106 Å². The van der Waals surface area contributed by atoms with Gasteiger partial charge in [-0.15, -0.1) is 0 Å². The lowest BCUT2D eigenvalue weighted by Gasteiger charge is -2.22. The smallest absolute Gasteiger partial charge is 0.254 e. The lowest BCUT2D eigenvalue weighted by molar-refractivity contribution is -0.139. The Kier molecular flexibility index (Phi) is 9.23. The molecule has 1 aliphatic heterocycles. The van der Waals surface area contributed by atoms with Crippen molar-refractivity contribution in [2.24, 2.45) is 11.8 Å². The third kappa shape index (κ3) is 7.21. The summed E-state index contributed by atoms with van der Waals surface area (Å²) < 4.78 is 10.2. The monoisotopic (exact) mass is 375 g/mol. The van der Waals surface area contributed by atoms with Gasteiger partial charge < -0.3 is 16.0 Å². The van der Waals surface area contributed by atoms with Crippen molar-refractivity contribution in [1.29, 1.82) is 0 Å². The van der Waals surface area contributed by atoms with Gasteiger partial charge >= 0.3 is 0 Å². The molecule has 0 saturated carbocycles.